The van der Waals surface area contributed by atoms with E-state index in [0.717, 1.165) is 24.4 Å². The molecule has 0 saturated carbocycles. The van der Waals surface area contributed by atoms with Crippen LogP contribution in [-0.2, 0) is 6.54 Å². The maximum absolute atomic E-state index is 13.9. The number of nitrogens with one attached hydrogen (secondary N) is 2. The number of hydrogen-bond acceptors (Lipinski definition) is 4. The molecule has 6 nitrogen and oxygen atoms in total. The van der Waals surface area contributed by atoms with Gasteiger partial charge >= 0.3 is 0 Å². The van der Waals surface area contributed by atoms with Crippen LogP contribution in [0.1, 0.15) is 30.0 Å². The third-order valence-electron chi connectivity index (χ3n) is 5.44. The monoisotopic (exact) mass is 414 g/mol. The second kappa shape index (κ2) is 10.8. The first-order valence-electron chi connectivity index (χ1n) is 10.3. The van der Waals surface area contributed by atoms with Crippen LogP contribution >= 0.6 is 0 Å². The number of benzene rings is 2. The molecule has 1 unspecified atom stereocenters. The molecular formula is C23H31FN4O2. The van der Waals surface area contributed by atoms with Crippen LogP contribution in [0.4, 0.5) is 4.39 Å². The third-order valence-corrected chi connectivity index (χ3v) is 5.44. The Bertz CT molecular complexity index is 853. The Morgan fingerprint density at radius 3 is 2.47 bits per heavy atom. The van der Waals surface area contributed by atoms with Crippen LogP contribution < -0.4 is 20.1 Å². The molecule has 1 saturated heterocycles. The van der Waals surface area contributed by atoms with Gasteiger partial charge < -0.3 is 20.1 Å². The summed E-state index contributed by atoms with van der Waals surface area (Å²) in [5, 5.41) is 6.68. The molecule has 1 aliphatic rings. The van der Waals surface area contributed by atoms with E-state index in [9.17, 15) is 4.39 Å². The zero-order valence-corrected chi connectivity index (χ0v) is 18.0. The molecule has 3 rings (SSSR count). The van der Waals surface area contributed by atoms with Crippen molar-refractivity contribution in [1.82, 2.24) is 15.5 Å². The maximum Gasteiger partial charge on any atom is 0.191 e. The summed E-state index contributed by atoms with van der Waals surface area (Å²) in [5.41, 5.74) is 1.99. The molecule has 0 aliphatic carbocycles. The van der Waals surface area contributed by atoms with Crippen molar-refractivity contribution in [2.24, 2.45) is 4.99 Å². The van der Waals surface area contributed by atoms with Crippen molar-refractivity contribution in [3.63, 3.8) is 0 Å². The fourth-order valence-electron chi connectivity index (χ4n) is 3.85. The number of para-hydroxylation sites is 1. The SMILES string of the molecule is CN=C(NCc1ccc(OC)c(F)c1)NCC(c1ccccc1OC)N1CCCC1. The van der Waals surface area contributed by atoms with Gasteiger partial charge in [-0.1, -0.05) is 24.3 Å². The third kappa shape index (κ3) is 5.42. The van der Waals surface area contributed by atoms with Gasteiger partial charge in [0.1, 0.15) is 5.75 Å². The van der Waals surface area contributed by atoms with Crippen molar-refractivity contribution in [1.29, 1.82) is 0 Å². The largest absolute Gasteiger partial charge is 0.496 e. The molecule has 2 aromatic carbocycles. The van der Waals surface area contributed by atoms with E-state index >= 15 is 0 Å². The average molecular weight is 415 g/mol. The number of guanidine groups is 1. The Balaban J connectivity index is 1.65. The van der Waals surface area contributed by atoms with E-state index in [1.807, 2.05) is 24.3 Å². The summed E-state index contributed by atoms with van der Waals surface area (Å²) in [6, 6.07) is 13.3. The summed E-state index contributed by atoms with van der Waals surface area (Å²) < 4.78 is 24.5. The summed E-state index contributed by atoms with van der Waals surface area (Å²) >= 11 is 0. The number of ether oxygens (including phenoxy) is 2. The van der Waals surface area contributed by atoms with Crippen LogP contribution in [0.3, 0.4) is 0 Å². The van der Waals surface area contributed by atoms with Crippen LogP contribution in [0.15, 0.2) is 47.5 Å². The van der Waals surface area contributed by atoms with Gasteiger partial charge in [-0.15, -0.1) is 0 Å². The molecular weight excluding hydrogens is 383 g/mol. The standard InChI is InChI=1S/C23H31FN4O2/c1-25-23(26-15-17-10-11-22(30-3)19(24)14-17)27-16-20(28-12-6-7-13-28)18-8-4-5-9-21(18)29-2/h4-5,8-11,14,20H,6-7,12-13,15-16H2,1-3H3,(H2,25,26,27). The van der Waals surface area contributed by atoms with Crippen molar-refractivity contribution < 1.29 is 13.9 Å². The quantitative estimate of drug-likeness (QED) is 0.513. The highest BCUT2D eigenvalue weighted by molar-refractivity contribution is 5.79. The van der Waals surface area contributed by atoms with Gasteiger partial charge in [-0.3, -0.25) is 9.89 Å². The van der Waals surface area contributed by atoms with Crippen molar-refractivity contribution in [3.05, 3.63) is 59.4 Å². The molecule has 2 N–H and O–H groups in total. The molecule has 0 amide bonds. The Labute approximate surface area is 178 Å². The van der Waals surface area contributed by atoms with E-state index in [1.54, 1.807) is 20.2 Å². The van der Waals surface area contributed by atoms with Crippen molar-refractivity contribution in [2.75, 3.05) is 40.9 Å². The van der Waals surface area contributed by atoms with E-state index < -0.39 is 0 Å². The molecule has 0 radical (unpaired) electrons. The lowest BCUT2D eigenvalue weighted by molar-refractivity contribution is 0.239. The minimum absolute atomic E-state index is 0.181. The van der Waals surface area contributed by atoms with Crippen LogP contribution in [0.5, 0.6) is 11.5 Å². The van der Waals surface area contributed by atoms with Crippen molar-refractivity contribution >= 4 is 5.96 Å². The minimum Gasteiger partial charge on any atom is -0.496 e. The number of nitrogens with zero attached hydrogens (tertiary/aromatic N) is 2. The maximum atomic E-state index is 13.9. The Morgan fingerprint density at radius 1 is 1.07 bits per heavy atom. The number of methoxy groups -OCH3 is 2. The summed E-state index contributed by atoms with van der Waals surface area (Å²) in [5.74, 6) is 1.44. The highest BCUT2D eigenvalue weighted by Gasteiger charge is 2.26. The molecule has 1 heterocycles. The molecule has 1 aliphatic heterocycles. The predicted molar refractivity (Wildman–Crippen MR) is 118 cm³/mol. The molecule has 7 heteroatoms. The molecule has 1 atom stereocenters. The van der Waals surface area contributed by atoms with Gasteiger partial charge in [-0.25, -0.2) is 4.39 Å². The minimum atomic E-state index is -0.370. The summed E-state index contributed by atoms with van der Waals surface area (Å²) in [6.07, 6.45) is 2.42. The van der Waals surface area contributed by atoms with Gasteiger partial charge in [0.2, 0.25) is 0 Å². The average Bonchev–Trinajstić information content (AvgIpc) is 3.31. The number of aliphatic imine (C=N–C) groups is 1. The van der Waals surface area contributed by atoms with Crippen LogP contribution in [0.25, 0.3) is 0 Å². The second-order valence-corrected chi connectivity index (χ2v) is 7.28. The number of likely N-dealkylation sites (tertiary alicyclic amines) is 1. The molecule has 0 aromatic heterocycles. The fourth-order valence-corrected chi connectivity index (χ4v) is 3.85. The lowest BCUT2D eigenvalue weighted by atomic mass is 10.0. The first kappa shape index (κ1) is 21.9. The lowest BCUT2D eigenvalue weighted by Crippen LogP contribution is -2.42. The highest BCUT2D eigenvalue weighted by atomic mass is 19.1. The summed E-state index contributed by atoms with van der Waals surface area (Å²) in [6.45, 7) is 3.30. The van der Waals surface area contributed by atoms with Crippen molar-refractivity contribution in [2.45, 2.75) is 25.4 Å². The van der Waals surface area contributed by atoms with Gasteiger partial charge in [-0.05, 0) is 49.7 Å². The van der Waals surface area contributed by atoms with Crippen LogP contribution in [0.2, 0.25) is 0 Å². The Hall–Kier alpha value is -2.80. The summed E-state index contributed by atoms with van der Waals surface area (Å²) in [7, 11) is 4.90. The molecule has 0 spiro atoms. The zero-order valence-electron chi connectivity index (χ0n) is 18.0. The number of rotatable bonds is 8. The predicted octanol–water partition coefficient (Wildman–Crippen LogP) is 3.35. The van der Waals surface area contributed by atoms with E-state index in [-0.39, 0.29) is 17.6 Å². The molecule has 30 heavy (non-hydrogen) atoms. The van der Waals surface area contributed by atoms with Gasteiger partial charge in [-0.2, -0.15) is 0 Å². The Morgan fingerprint density at radius 2 is 1.80 bits per heavy atom. The first-order valence-corrected chi connectivity index (χ1v) is 10.3. The van der Waals surface area contributed by atoms with Gasteiger partial charge in [0.25, 0.3) is 0 Å². The number of halogens is 1. The van der Waals surface area contributed by atoms with Crippen LogP contribution in [-0.4, -0.2) is 51.8 Å². The van der Waals surface area contributed by atoms with Gasteiger partial charge in [0.15, 0.2) is 17.5 Å². The molecule has 0 bridgehead atoms. The highest BCUT2D eigenvalue weighted by Crippen LogP contribution is 2.31. The normalized spacial score (nSPS) is 15.7. The van der Waals surface area contributed by atoms with E-state index in [2.05, 4.69) is 26.6 Å². The molecule has 2 aromatic rings. The number of hydrogen-bond donors (Lipinski definition) is 2. The van der Waals surface area contributed by atoms with Crippen LogP contribution in [0, 0.1) is 5.82 Å². The molecule has 1 fully saturated rings. The zero-order chi connectivity index (χ0) is 21.3. The van der Waals surface area contributed by atoms with Gasteiger partial charge in [0, 0.05) is 25.7 Å². The lowest BCUT2D eigenvalue weighted by Gasteiger charge is -2.30. The van der Waals surface area contributed by atoms with E-state index in [1.165, 1.54) is 31.6 Å². The van der Waals surface area contributed by atoms with Gasteiger partial charge in [0.05, 0.1) is 20.3 Å². The fraction of sp³-hybridized carbons (Fsp3) is 0.435. The topological polar surface area (TPSA) is 58.1 Å². The first-order chi connectivity index (χ1) is 14.7. The molecule has 162 valence electrons. The second-order valence-electron chi connectivity index (χ2n) is 7.28. The Kier molecular flexibility index (Phi) is 7.90. The smallest absolute Gasteiger partial charge is 0.191 e. The van der Waals surface area contributed by atoms with E-state index in [4.69, 9.17) is 9.47 Å². The van der Waals surface area contributed by atoms with Crippen molar-refractivity contribution in [3.8, 4) is 11.5 Å². The summed E-state index contributed by atoms with van der Waals surface area (Å²) in [4.78, 5) is 6.80. The van der Waals surface area contributed by atoms with E-state index in [0.29, 0.717) is 19.0 Å².